The summed E-state index contributed by atoms with van der Waals surface area (Å²) < 4.78 is 0. The number of anilines is 1. The predicted octanol–water partition coefficient (Wildman–Crippen LogP) is 2.34. The third kappa shape index (κ3) is 4.77. The van der Waals surface area contributed by atoms with Crippen LogP contribution < -0.4 is 5.32 Å². The lowest BCUT2D eigenvalue weighted by Crippen LogP contribution is -2.24. The second-order valence-corrected chi connectivity index (χ2v) is 5.01. The van der Waals surface area contributed by atoms with E-state index in [1.54, 1.807) is 12.4 Å². The highest BCUT2D eigenvalue weighted by atomic mass is 35.5. The molecule has 0 radical (unpaired) electrons. The molecule has 1 aromatic rings. The molecular weight excluding hydrogens is 226 g/mol. The highest BCUT2D eigenvalue weighted by Crippen LogP contribution is 2.22. The molecule has 0 saturated heterocycles. The first kappa shape index (κ1) is 13.2. The molecule has 5 heteroatoms. The largest absolute Gasteiger partial charge is 0.396 e. The Morgan fingerprint density at radius 2 is 2.00 bits per heavy atom. The SMILES string of the molecule is CC(C)(CCCO)CNc1ncc(Cl)cn1. The number of nitrogens with zero attached hydrogens (tertiary/aromatic N) is 2. The summed E-state index contributed by atoms with van der Waals surface area (Å²) in [6, 6.07) is 0. The van der Waals surface area contributed by atoms with Gasteiger partial charge in [0.05, 0.1) is 17.4 Å². The Bertz CT molecular complexity index is 314. The van der Waals surface area contributed by atoms with E-state index in [0.29, 0.717) is 11.0 Å². The van der Waals surface area contributed by atoms with Crippen molar-refractivity contribution in [3.8, 4) is 0 Å². The number of hydrogen-bond donors (Lipinski definition) is 2. The Morgan fingerprint density at radius 1 is 1.38 bits per heavy atom. The molecule has 4 nitrogen and oxygen atoms in total. The molecule has 1 aromatic heterocycles. The molecule has 0 aliphatic rings. The molecule has 0 atom stereocenters. The van der Waals surface area contributed by atoms with E-state index in [1.807, 2.05) is 0 Å². The first-order valence-electron chi connectivity index (χ1n) is 5.36. The van der Waals surface area contributed by atoms with Gasteiger partial charge in [0.1, 0.15) is 0 Å². The van der Waals surface area contributed by atoms with Gasteiger partial charge in [-0.15, -0.1) is 0 Å². The van der Waals surface area contributed by atoms with Crippen LogP contribution in [0.1, 0.15) is 26.7 Å². The number of aliphatic hydroxyl groups is 1. The van der Waals surface area contributed by atoms with E-state index in [2.05, 4.69) is 29.1 Å². The van der Waals surface area contributed by atoms with Gasteiger partial charge in [0.25, 0.3) is 0 Å². The highest BCUT2D eigenvalue weighted by molar-refractivity contribution is 6.30. The summed E-state index contributed by atoms with van der Waals surface area (Å²) in [6.45, 7) is 5.30. The Kier molecular flexibility index (Phi) is 4.96. The summed E-state index contributed by atoms with van der Waals surface area (Å²) in [5.74, 6) is 0.585. The maximum absolute atomic E-state index is 8.79. The molecule has 0 aliphatic heterocycles. The minimum atomic E-state index is 0.117. The standard InChI is InChI=1S/C11H18ClN3O/c1-11(2,4-3-5-16)8-15-10-13-6-9(12)7-14-10/h6-7,16H,3-5,8H2,1-2H3,(H,13,14,15). The lowest BCUT2D eigenvalue weighted by Gasteiger charge is -2.24. The van der Waals surface area contributed by atoms with Gasteiger partial charge < -0.3 is 10.4 Å². The van der Waals surface area contributed by atoms with Crippen molar-refractivity contribution in [2.75, 3.05) is 18.5 Å². The van der Waals surface area contributed by atoms with Crippen molar-refractivity contribution >= 4 is 17.5 Å². The van der Waals surface area contributed by atoms with E-state index in [1.165, 1.54) is 0 Å². The van der Waals surface area contributed by atoms with Crippen molar-refractivity contribution in [1.82, 2.24) is 9.97 Å². The molecule has 0 spiro atoms. The Labute approximate surface area is 101 Å². The van der Waals surface area contributed by atoms with Gasteiger partial charge in [-0.2, -0.15) is 0 Å². The molecule has 0 saturated carbocycles. The van der Waals surface area contributed by atoms with Crippen LogP contribution in [-0.4, -0.2) is 28.2 Å². The molecule has 0 aromatic carbocycles. The number of aromatic nitrogens is 2. The monoisotopic (exact) mass is 243 g/mol. The lowest BCUT2D eigenvalue weighted by molar-refractivity contribution is 0.247. The molecule has 0 fully saturated rings. The van der Waals surface area contributed by atoms with Crippen LogP contribution in [-0.2, 0) is 0 Å². The smallest absolute Gasteiger partial charge is 0.222 e. The average Bonchev–Trinajstić information content (AvgIpc) is 2.26. The van der Waals surface area contributed by atoms with Crippen molar-refractivity contribution in [2.45, 2.75) is 26.7 Å². The highest BCUT2D eigenvalue weighted by Gasteiger charge is 2.17. The second kappa shape index (κ2) is 6.01. The van der Waals surface area contributed by atoms with Crippen LogP contribution >= 0.6 is 11.6 Å². The van der Waals surface area contributed by atoms with E-state index < -0.39 is 0 Å². The van der Waals surface area contributed by atoms with E-state index in [4.69, 9.17) is 16.7 Å². The van der Waals surface area contributed by atoms with Gasteiger partial charge in [-0.05, 0) is 18.3 Å². The van der Waals surface area contributed by atoms with Crippen LogP contribution in [0.25, 0.3) is 0 Å². The van der Waals surface area contributed by atoms with Crippen LogP contribution in [0.5, 0.6) is 0 Å². The summed E-state index contributed by atoms with van der Waals surface area (Å²) >= 11 is 5.69. The van der Waals surface area contributed by atoms with E-state index in [-0.39, 0.29) is 12.0 Å². The fourth-order valence-electron chi connectivity index (χ4n) is 1.37. The van der Waals surface area contributed by atoms with E-state index in [0.717, 1.165) is 19.4 Å². The molecule has 1 rings (SSSR count). The van der Waals surface area contributed by atoms with Crippen LogP contribution in [0.15, 0.2) is 12.4 Å². The van der Waals surface area contributed by atoms with Gasteiger partial charge in [0.2, 0.25) is 5.95 Å². The summed E-state index contributed by atoms with van der Waals surface area (Å²) in [7, 11) is 0. The van der Waals surface area contributed by atoms with Gasteiger partial charge in [0.15, 0.2) is 0 Å². The molecule has 1 heterocycles. The maximum Gasteiger partial charge on any atom is 0.222 e. The Balaban J connectivity index is 2.41. The van der Waals surface area contributed by atoms with Crippen molar-refractivity contribution in [2.24, 2.45) is 5.41 Å². The summed E-state index contributed by atoms with van der Waals surface area (Å²) in [4.78, 5) is 8.12. The first-order valence-corrected chi connectivity index (χ1v) is 5.73. The topological polar surface area (TPSA) is 58.0 Å². The molecule has 0 bridgehead atoms. The third-order valence-electron chi connectivity index (χ3n) is 2.36. The molecule has 0 amide bonds. The number of aliphatic hydroxyl groups excluding tert-OH is 1. The Hall–Kier alpha value is -0.870. The molecule has 0 aliphatic carbocycles. The van der Waals surface area contributed by atoms with Crippen molar-refractivity contribution in [3.63, 3.8) is 0 Å². The minimum absolute atomic E-state index is 0.117. The summed E-state index contributed by atoms with van der Waals surface area (Å²) in [5, 5.41) is 12.5. The van der Waals surface area contributed by atoms with E-state index in [9.17, 15) is 0 Å². The first-order chi connectivity index (χ1) is 7.53. The molecule has 16 heavy (non-hydrogen) atoms. The van der Waals surface area contributed by atoms with Crippen molar-refractivity contribution in [1.29, 1.82) is 0 Å². The van der Waals surface area contributed by atoms with Crippen LogP contribution in [0.4, 0.5) is 5.95 Å². The van der Waals surface area contributed by atoms with Gasteiger partial charge in [-0.1, -0.05) is 25.4 Å². The Morgan fingerprint density at radius 3 is 2.56 bits per heavy atom. The summed E-state index contributed by atoms with van der Waals surface area (Å²) in [6.07, 6.45) is 4.91. The van der Waals surface area contributed by atoms with Crippen LogP contribution in [0.2, 0.25) is 5.02 Å². The zero-order chi connectivity index (χ0) is 12.0. The van der Waals surface area contributed by atoms with E-state index >= 15 is 0 Å². The molecule has 2 N–H and O–H groups in total. The maximum atomic E-state index is 8.79. The minimum Gasteiger partial charge on any atom is -0.396 e. The zero-order valence-corrected chi connectivity index (χ0v) is 10.5. The van der Waals surface area contributed by atoms with Gasteiger partial charge >= 0.3 is 0 Å². The molecule has 90 valence electrons. The molecule has 0 unspecified atom stereocenters. The average molecular weight is 244 g/mol. The number of hydrogen-bond acceptors (Lipinski definition) is 4. The molecular formula is C11H18ClN3O. The summed E-state index contributed by atoms with van der Waals surface area (Å²) in [5.41, 5.74) is 0.117. The van der Waals surface area contributed by atoms with Gasteiger partial charge in [-0.25, -0.2) is 9.97 Å². The number of halogens is 1. The quantitative estimate of drug-likeness (QED) is 0.805. The van der Waals surface area contributed by atoms with Crippen LogP contribution in [0, 0.1) is 5.41 Å². The number of nitrogens with one attached hydrogen (secondary N) is 1. The number of rotatable bonds is 6. The van der Waals surface area contributed by atoms with Crippen molar-refractivity contribution < 1.29 is 5.11 Å². The third-order valence-corrected chi connectivity index (χ3v) is 2.55. The second-order valence-electron chi connectivity index (χ2n) is 4.57. The van der Waals surface area contributed by atoms with Crippen molar-refractivity contribution in [3.05, 3.63) is 17.4 Å². The van der Waals surface area contributed by atoms with Crippen LogP contribution in [0.3, 0.4) is 0 Å². The predicted molar refractivity (Wildman–Crippen MR) is 65.6 cm³/mol. The van der Waals surface area contributed by atoms with Gasteiger partial charge in [0, 0.05) is 13.2 Å². The van der Waals surface area contributed by atoms with Gasteiger partial charge in [-0.3, -0.25) is 0 Å². The zero-order valence-electron chi connectivity index (χ0n) is 9.70. The fraction of sp³-hybridized carbons (Fsp3) is 0.636. The normalized spacial score (nSPS) is 11.5. The fourth-order valence-corrected chi connectivity index (χ4v) is 1.47. The lowest BCUT2D eigenvalue weighted by atomic mass is 9.88.